The number of nitrogens with zero attached hydrogens (tertiary/aromatic N) is 4. The van der Waals surface area contributed by atoms with Gasteiger partial charge in [0, 0.05) is 38.8 Å². The molecule has 1 amide bonds. The second-order valence-corrected chi connectivity index (χ2v) is 9.03. The molecule has 0 aliphatic carbocycles. The van der Waals surface area contributed by atoms with Gasteiger partial charge in [0.05, 0.1) is 19.4 Å². The van der Waals surface area contributed by atoms with E-state index in [1.807, 2.05) is 6.07 Å². The Kier molecular flexibility index (Phi) is 7.20. The lowest BCUT2D eigenvalue weighted by Gasteiger charge is -2.31. The zero-order chi connectivity index (χ0) is 23.4. The number of morpholine rings is 1. The van der Waals surface area contributed by atoms with Crippen LogP contribution in [0.3, 0.4) is 0 Å². The van der Waals surface area contributed by atoms with Gasteiger partial charge in [-0.3, -0.25) is 4.90 Å². The van der Waals surface area contributed by atoms with E-state index in [-0.39, 0.29) is 11.2 Å². The summed E-state index contributed by atoms with van der Waals surface area (Å²) in [5.41, 5.74) is 0.926. The van der Waals surface area contributed by atoms with Crippen molar-refractivity contribution in [3.63, 3.8) is 0 Å². The van der Waals surface area contributed by atoms with Crippen LogP contribution in [-0.4, -0.2) is 76.4 Å². The van der Waals surface area contributed by atoms with Crippen molar-refractivity contribution in [3.05, 3.63) is 28.8 Å². The molecule has 3 N–H and O–H groups in total. The summed E-state index contributed by atoms with van der Waals surface area (Å²) in [6, 6.07) is 3.58. The molecule has 0 radical (unpaired) electrons. The summed E-state index contributed by atoms with van der Waals surface area (Å²) in [6.07, 6.45) is -3.08. The number of alkyl halides is 3. The lowest BCUT2D eigenvalue weighted by molar-refractivity contribution is -0.134. The van der Waals surface area contributed by atoms with Crippen LogP contribution < -0.4 is 10.6 Å². The van der Waals surface area contributed by atoms with Crippen molar-refractivity contribution in [2.75, 3.05) is 50.0 Å². The number of pyridine rings is 1. The van der Waals surface area contributed by atoms with E-state index in [9.17, 15) is 23.1 Å². The molecule has 2 fully saturated rings. The third-order valence-corrected chi connectivity index (χ3v) is 6.42. The fourth-order valence-corrected chi connectivity index (χ4v) is 4.57. The SMILES string of the molecule is O=C(O)N1CCCC(Nc2cc(CN3CCOCC3)cc(Nc3ncc(C(F)(F)F)s3)n2)C1. The van der Waals surface area contributed by atoms with E-state index in [0.29, 0.717) is 55.8 Å². The van der Waals surface area contributed by atoms with Crippen molar-refractivity contribution in [3.8, 4) is 0 Å². The number of halogens is 3. The number of hydrogen-bond donors (Lipinski definition) is 3. The van der Waals surface area contributed by atoms with E-state index in [4.69, 9.17) is 4.74 Å². The standard InChI is InChI=1S/C20H25F3N6O3S/c21-20(22,23)15-10-24-18(33-15)27-17-9-13(11-28-4-6-32-7-5-28)8-16(26-17)25-14-2-1-3-29(12-14)19(30)31/h8-10,14H,1-7,11-12H2,(H,30,31)(H2,24,25,26,27). The van der Waals surface area contributed by atoms with Gasteiger partial charge < -0.3 is 25.4 Å². The number of amides is 1. The Morgan fingerprint density at radius 1 is 1.24 bits per heavy atom. The first-order chi connectivity index (χ1) is 15.8. The molecule has 13 heteroatoms. The number of nitrogens with one attached hydrogen (secondary N) is 2. The fraction of sp³-hybridized carbons (Fsp3) is 0.550. The van der Waals surface area contributed by atoms with Crippen LogP contribution in [0.1, 0.15) is 23.3 Å². The molecule has 180 valence electrons. The van der Waals surface area contributed by atoms with Gasteiger partial charge in [-0.05, 0) is 30.5 Å². The number of rotatable bonds is 6. The highest BCUT2D eigenvalue weighted by Gasteiger charge is 2.33. The predicted octanol–water partition coefficient (Wildman–Crippen LogP) is 3.69. The van der Waals surface area contributed by atoms with Gasteiger partial charge in [-0.15, -0.1) is 0 Å². The first-order valence-electron chi connectivity index (χ1n) is 10.6. The van der Waals surface area contributed by atoms with Crippen molar-refractivity contribution in [1.82, 2.24) is 19.8 Å². The zero-order valence-electron chi connectivity index (χ0n) is 17.8. The average Bonchev–Trinajstić information content (AvgIpc) is 3.23. The Balaban J connectivity index is 1.53. The highest BCUT2D eigenvalue weighted by atomic mass is 32.1. The largest absolute Gasteiger partial charge is 0.465 e. The van der Waals surface area contributed by atoms with Crippen LogP contribution in [0.4, 0.5) is 34.7 Å². The second kappa shape index (κ2) is 10.1. The van der Waals surface area contributed by atoms with Gasteiger partial charge in [-0.1, -0.05) is 11.3 Å². The number of piperidine rings is 1. The lowest BCUT2D eigenvalue weighted by atomic mass is 10.1. The Bertz CT molecular complexity index is 967. The molecule has 0 spiro atoms. The Hall–Kier alpha value is -2.64. The average molecular weight is 487 g/mol. The van der Waals surface area contributed by atoms with Gasteiger partial charge in [0.25, 0.3) is 0 Å². The first kappa shape index (κ1) is 23.5. The first-order valence-corrected chi connectivity index (χ1v) is 11.4. The minimum absolute atomic E-state index is 0.0963. The highest BCUT2D eigenvalue weighted by Crippen LogP contribution is 2.36. The molecule has 0 bridgehead atoms. The van der Waals surface area contributed by atoms with E-state index < -0.39 is 17.1 Å². The van der Waals surface area contributed by atoms with E-state index in [1.165, 1.54) is 4.90 Å². The van der Waals surface area contributed by atoms with Crippen molar-refractivity contribution in [2.45, 2.75) is 31.6 Å². The van der Waals surface area contributed by atoms with Crippen molar-refractivity contribution < 1.29 is 27.8 Å². The normalized spacial score (nSPS) is 20.0. The Labute approximate surface area is 192 Å². The number of likely N-dealkylation sites (tertiary alicyclic amines) is 1. The summed E-state index contributed by atoms with van der Waals surface area (Å²) in [7, 11) is 0. The third-order valence-electron chi connectivity index (χ3n) is 5.46. The van der Waals surface area contributed by atoms with E-state index in [2.05, 4.69) is 25.5 Å². The molecule has 1 unspecified atom stereocenters. The summed E-state index contributed by atoms with van der Waals surface area (Å²) >= 11 is 0.515. The molecule has 4 heterocycles. The van der Waals surface area contributed by atoms with Gasteiger partial charge in [-0.25, -0.2) is 14.8 Å². The highest BCUT2D eigenvalue weighted by molar-refractivity contribution is 7.15. The summed E-state index contributed by atoms with van der Waals surface area (Å²) in [5, 5.41) is 15.6. The van der Waals surface area contributed by atoms with Gasteiger partial charge in [0.2, 0.25) is 0 Å². The molecule has 33 heavy (non-hydrogen) atoms. The molecule has 9 nitrogen and oxygen atoms in total. The molecule has 1 atom stereocenters. The molecular weight excluding hydrogens is 461 g/mol. The van der Waals surface area contributed by atoms with Crippen LogP contribution in [-0.2, 0) is 17.5 Å². The van der Waals surface area contributed by atoms with Gasteiger partial charge in [-0.2, -0.15) is 13.2 Å². The van der Waals surface area contributed by atoms with Gasteiger partial charge in [0.1, 0.15) is 16.5 Å². The number of hydrogen-bond acceptors (Lipinski definition) is 8. The molecular formula is C20H25F3N6O3S. The number of anilines is 3. The number of aromatic nitrogens is 2. The third kappa shape index (κ3) is 6.45. The molecule has 2 aliphatic heterocycles. The Morgan fingerprint density at radius 3 is 2.70 bits per heavy atom. The Morgan fingerprint density at radius 2 is 2.00 bits per heavy atom. The van der Waals surface area contributed by atoms with Gasteiger partial charge in [0.15, 0.2) is 5.13 Å². The quantitative estimate of drug-likeness (QED) is 0.568. The fourth-order valence-electron chi connectivity index (χ4n) is 3.88. The smallest absolute Gasteiger partial charge is 0.427 e. The zero-order valence-corrected chi connectivity index (χ0v) is 18.6. The second-order valence-electron chi connectivity index (χ2n) is 8.00. The summed E-state index contributed by atoms with van der Waals surface area (Å²) in [6.45, 7) is 4.33. The van der Waals surface area contributed by atoms with Crippen LogP contribution in [0.15, 0.2) is 18.3 Å². The van der Waals surface area contributed by atoms with Gasteiger partial charge >= 0.3 is 12.3 Å². The molecule has 0 aromatic carbocycles. The summed E-state index contributed by atoms with van der Waals surface area (Å²) in [4.78, 5) is 22.5. The maximum atomic E-state index is 12.9. The lowest BCUT2D eigenvalue weighted by Crippen LogP contribution is -2.44. The summed E-state index contributed by atoms with van der Waals surface area (Å²) < 4.78 is 44.2. The molecule has 2 aromatic heterocycles. The molecule has 2 aromatic rings. The maximum absolute atomic E-state index is 12.9. The van der Waals surface area contributed by atoms with Crippen LogP contribution in [0, 0.1) is 0 Å². The summed E-state index contributed by atoms with van der Waals surface area (Å²) in [5.74, 6) is 0.908. The molecule has 0 saturated carbocycles. The van der Waals surface area contributed by atoms with E-state index >= 15 is 0 Å². The minimum Gasteiger partial charge on any atom is -0.465 e. The van der Waals surface area contributed by atoms with Crippen LogP contribution in [0.2, 0.25) is 0 Å². The van der Waals surface area contributed by atoms with E-state index in [1.54, 1.807) is 6.07 Å². The van der Waals surface area contributed by atoms with Crippen molar-refractivity contribution in [2.24, 2.45) is 0 Å². The van der Waals surface area contributed by atoms with Crippen molar-refractivity contribution in [1.29, 1.82) is 0 Å². The van der Waals surface area contributed by atoms with Crippen molar-refractivity contribution >= 4 is 34.2 Å². The van der Waals surface area contributed by atoms with Crippen LogP contribution in [0.25, 0.3) is 0 Å². The predicted molar refractivity (Wildman–Crippen MR) is 117 cm³/mol. The van der Waals surface area contributed by atoms with Crippen LogP contribution >= 0.6 is 11.3 Å². The number of carboxylic acid groups (broad SMARTS) is 1. The maximum Gasteiger partial charge on any atom is 0.427 e. The number of ether oxygens (including phenoxy) is 1. The topological polar surface area (TPSA) is 103 Å². The monoisotopic (exact) mass is 486 g/mol. The minimum atomic E-state index is -4.45. The molecule has 4 rings (SSSR count). The van der Waals surface area contributed by atoms with E-state index in [0.717, 1.165) is 37.7 Å². The van der Waals surface area contributed by atoms with Crippen LogP contribution in [0.5, 0.6) is 0 Å². The molecule has 2 saturated heterocycles. The number of carbonyl (C=O) groups is 1. The molecule has 2 aliphatic rings. The number of thiazole rings is 1.